The van der Waals surface area contributed by atoms with Gasteiger partial charge >= 0.3 is 0 Å². The Morgan fingerprint density at radius 1 is 1.29 bits per heavy atom. The molecule has 1 aromatic carbocycles. The van der Waals surface area contributed by atoms with Crippen LogP contribution in [-0.2, 0) is 0 Å². The molecule has 2 nitrogen and oxygen atoms in total. The summed E-state index contributed by atoms with van der Waals surface area (Å²) in [7, 11) is 2.00. The van der Waals surface area contributed by atoms with Crippen LogP contribution in [0, 0.1) is 5.82 Å². The largest absolute Gasteiger partial charge is 0.389 e. The Labute approximate surface area is 103 Å². The predicted octanol–water partition coefficient (Wildman–Crippen LogP) is 3.50. The van der Waals surface area contributed by atoms with E-state index in [0.717, 1.165) is 18.5 Å². The maximum atomic E-state index is 13.2. The minimum atomic E-state index is -0.655. The van der Waals surface area contributed by atoms with E-state index < -0.39 is 6.10 Å². The number of aliphatic hydroxyl groups excluding tert-OH is 1. The van der Waals surface area contributed by atoms with Gasteiger partial charge in [0.2, 0.25) is 0 Å². The van der Waals surface area contributed by atoms with Crippen molar-refractivity contribution < 1.29 is 9.50 Å². The average molecular weight is 239 g/mol. The van der Waals surface area contributed by atoms with Crippen LogP contribution in [0.25, 0.3) is 0 Å². The number of nitrogens with zero attached hydrogens (tertiary/aromatic N) is 1. The SMILES string of the molecule is CCC(CC)N(C)c1ccc(F)cc1[C@H](C)O. The number of anilines is 1. The first-order valence-electron chi connectivity index (χ1n) is 6.21. The van der Waals surface area contributed by atoms with Gasteiger partial charge in [0.1, 0.15) is 5.82 Å². The Kier molecular flexibility index (Phi) is 4.94. The molecule has 0 aromatic heterocycles. The van der Waals surface area contributed by atoms with Crippen LogP contribution < -0.4 is 4.90 Å². The van der Waals surface area contributed by atoms with E-state index in [1.54, 1.807) is 13.0 Å². The summed E-state index contributed by atoms with van der Waals surface area (Å²) in [5.41, 5.74) is 1.56. The van der Waals surface area contributed by atoms with E-state index in [-0.39, 0.29) is 5.82 Å². The van der Waals surface area contributed by atoms with Crippen LogP contribution >= 0.6 is 0 Å². The van der Waals surface area contributed by atoms with Gasteiger partial charge in [-0.25, -0.2) is 4.39 Å². The van der Waals surface area contributed by atoms with Gasteiger partial charge in [-0.15, -0.1) is 0 Å². The molecule has 0 heterocycles. The molecule has 17 heavy (non-hydrogen) atoms. The third-order valence-electron chi connectivity index (χ3n) is 3.31. The maximum absolute atomic E-state index is 13.2. The van der Waals surface area contributed by atoms with E-state index >= 15 is 0 Å². The fraction of sp³-hybridized carbons (Fsp3) is 0.571. The summed E-state index contributed by atoms with van der Waals surface area (Å²) in [4.78, 5) is 2.13. The summed E-state index contributed by atoms with van der Waals surface area (Å²) >= 11 is 0. The summed E-state index contributed by atoms with van der Waals surface area (Å²) in [6.45, 7) is 5.94. The molecule has 0 bridgehead atoms. The lowest BCUT2D eigenvalue weighted by Gasteiger charge is -2.31. The molecule has 0 radical (unpaired) electrons. The highest BCUT2D eigenvalue weighted by Crippen LogP contribution is 2.28. The Hall–Kier alpha value is -1.09. The fourth-order valence-corrected chi connectivity index (χ4v) is 2.21. The van der Waals surface area contributed by atoms with E-state index in [1.165, 1.54) is 12.1 Å². The van der Waals surface area contributed by atoms with Gasteiger partial charge in [0, 0.05) is 24.3 Å². The molecule has 3 heteroatoms. The van der Waals surface area contributed by atoms with Crippen LogP contribution in [0.2, 0.25) is 0 Å². The van der Waals surface area contributed by atoms with Crippen molar-refractivity contribution in [1.82, 2.24) is 0 Å². The van der Waals surface area contributed by atoms with Crippen molar-refractivity contribution in [2.45, 2.75) is 45.8 Å². The molecule has 0 fully saturated rings. The average Bonchev–Trinajstić information content (AvgIpc) is 2.30. The van der Waals surface area contributed by atoms with Gasteiger partial charge < -0.3 is 10.0 Å². The van der Waals surface area contributed by atoms with Gasteiger partial charge in [-0.2, -0.15) is 0 Å². The topological polar surface area (TPSA) is 23.5 Å². The Morgan fingerprint density at radius 2 is 1.88 bits per heavy atom. The Bertz CT molecular complexity index is 361. The zero-order chi connectivity index (χ0) is 13.0. The van der Waals surface area contributed by atoms with Crippen LogP contribution in [0.15, 0.2) is 18.2 Å². The standard InChI is InChI=1S/C14H22FNO/c1-5-12(6-2)16(4)14-8-7-11(15)9-13(14)10(3)17/h7-10,12,17H,5-6H2,1-4H3/t10-/m0/s1. The van der Waals surface area contributed by atoms with Gasteiger partial charge in [-0.1, -0.05) is 13.8 Å². The molecule has 0 unspecified atom stereocenters. The van der Waals surface area contributed by atoms with Gasteiger partial charge in [-0.3, -0.25) is 0 Å². The van der Waals surface area contributed by atoms with Gasteiger partial charge in [0.25, 0.3) is 0 Å². The van der Waals surface area contributed by atoms with Gasteiger partial charge in [-0.05, 0) is 38.0 Å². The van der Waals surface area contributed by atoms with Crippen LogP contribution in [0.1, 0.15) is 45.3 Å². The first-order chi connectivity index (χ1) is 8.01. The second kappa shape index (κ2) is 6.01. The predicted molar refractivity (Wildman–Crippen MR) is 69.8 cm³/mol. The molecule has 0 saturated heterocycles. The normalized spacial score (nSPS) is 12.9. The molecular formula is C14H22FNO. The number of hydrogen-bond donors (Lipinski definition) is 1. The third-order valence-corrected chi connectivity index (χ3v) is 3.31. The van der Waals surface area contributed by atoms with E-state index in [2.05, 4.69) is 18.7 Å². The summed E-state index contributed by atoms with van der Waals surface area (Å²) < 4.78 is 13.2. The van der Waals surface area contributed by atoms with Gasteiger partial charge in [0.05, 0.1) is 6.10 Å². The summed E-state index contributed by atoms with van der Waals surface area (Å²) in [5, 5.41) is 9.71. The van der Waals surface area contributed by atoms with Crippen molar-refractivity contribution in [3.05, 3.63) is 29.6 Å². The van der Waals surface area contributed by atoms with Gasteiger partial charge in [0.15, 0.2) is 0 Å². The third kappa shape index (κ3) is 3.19. The van der Waals surface area contributed by atoms with Crippen LogP contribution in [-0.4, -0.2) is 18.2 Å². The van der Waals surface area contributed by atoms with Crippen molar-refractivity contribution >= 4 is 5.69 Å². The molecular weight excluding hydrogens is 217 g/mol. The Balaban J connectivity index is 3.11. The first kappa shape index (κ1) is 14.0. The molecule has 0 saturated carbocycles. The summed E-state index contributed by atoms with van der Waals surface area (Å²) in [5.74, 6) is -0.303. The second-order valence-corrected chi connectivity index (χ2v) is 4.46. The highest BCUT2D eigenvalue weighted by Gasteiger charge is 2.17. The van der Waals surface area contributed by atoms with Crippen molar-refractivity contribution in [2.24, 2.45) is 0 Å². The fourth-order valence-electron chi connectivity index (χ4n) is 2.21. The van der Waals surface area contributed by atoms with Crippen LogP contribution in [0.3, 0.4) is 0 Å². The number of aliphatic hydroxyl groups is 1. The summed E-state index contributed by atoms with van der Waals surface area (Å²) in [6.07, 6.45) is 1.41. The molecule has 0 aliphatic heterocycles. The van der Waals surface area contributed by atoms with Crippen molar-refractivity contribution in [3.8, 4) is 0 Å². The number of hydrogen-bond acceptors (Lipinski definition) is 2. The molecule has 0 aliphatic rings. The molecule has 0 spiro atoms. The second-order valence-electron chi connectivity index (χ2n) is 4.46. The highest BCUT2D eigenvalue weighted by molar-refractivity contribution is 5.55. The molecule has 1 N–H and O–H groups in total. The van der Waals surface area contributed by atoms with E-state index in [4.69, 9.17) is 0 Å². The minimum Gasteiger partial charge on any atom is -0.389 e. The van der Waals surface area contributed by atoms with Crippen LogP contribution in [0.5, 0.6) is 0 Å². The molecule has 1 atom stereocenters. The quantitative estimate of drug-likeness (QED) is 0.850. The van der Waals surface area contributed by atoms with Crippen molar-refractivity contribution in [2.75, 3.05) is 11.9 Å². The lowest BCUT2D eigenvalue weighted by molar-refractivity contribution is 0.199. The highest BCUT2D eigenvalue weighted by atomic mass is 19.1. The van der Waals surface area contributed by atoms with Crippen molar-refractivity contribution in [3.63, 3.8) is 0 Å². The van der Waals surface area contributed by atoms with Crippen molar-refractivity contribution in [1.29, 1.82) is 0 Å². The zero-order valence-corrected chi connectivity index (χ0v) is 11.1. The number of benzene rings is 1. The maximum Gasteiger partial charge on any atom is 0.123 e. The monoisotopic (exact) mass is 239 g/mol. The molecule has 0 aliphatic carbocycles. The molecule has 96 valence electrons. The van der Waals surface area contributed by atoms with E-state index in [1.807, 2.05) is 7.05 Å². The molecule has 1 rings (SSSR count). The first-order valence-corrected chi connectivity index (χ1v) is 6.21. The van der Waals surface area contributed by atoms with E-state index in [9.17, 15) is 9.50 Å². The van der Waals surface area contributed by atoms with Crippen LogP contribution in [0.4, 0.5) is 10.1 Å². The lowest BCUT2D eigenvalue weighted by atomic mass is 10.0. The van der Waals surface area contributed by atoms with E-state index in [0.29, 0.717) is 11.6 Å². The minimum absolute atomic E-state index is 0.303. The number of halogens is 1. The summed E-state index contributed by atoms with van der Waals surface area (Å²) in [6, 6.07) is 5.02. The molecule has 1 aromatic rings. The zero-order valence-electron chi connectivity index (χ0n) is 11.1. The molecule has 0 amide bonds. The Morgan fingerprint density at radius 3 is 2.35 bits per heavy atom. The number of rotatable bonds is 5. The lowest BCUT2D eigenvalue weighted by Crippen LogP contribution is -2.31. The smallest absolute Gasteiger partial charge is 0.123 e.